The number of cyclic esters (lactones) is 1. The molecule has 0 N–H and O–H groups in total. The van der Waals surface area contributed by atoms with Crippen LogP contribution in [0.15, 0.2) is 31.4 Å². The van der Waals surface area contributed by atoms with Crippen molar-refractivity contribution in [3.8, 4) is 0 Å². The monoisotopic (exact) mass is 186 g/mol. The third-order valence-electron chi connectivity index (χ3n) is 2.25. The van der Waals surface area contributed by atoms with E-state index in [0.717, 1.165) is 16.7 Å². The molecule has 0 aliphatic carbocycles. The van der Waals surface area contributed by atoms with E-state index in [1.807, 2.05) is 19.1 Å². The second-order valence-corrected chi connectivity index (χ2v) is 3.35. The second-order valence-electron chi connectivity index (χ2n) is 3.35. The predicted molar refractivity (Wildman–Crippen MR) is 55.6 cm³/mol. The van der Waals surface area contributed by atoms with Crippen molar-refractivity contribution in [3.63, 3.8) is 0 Å². The van der Waals surface area contributed by atoms with Crippen LogP contribution in [0, 0.1) is 0 Å². The molecule has 14 heavy (non-hydrogen) atoms. The summed E-state index contributed by atoms with van der Waals surface area (Å²) >= 11 is 0. The Labute approximate surface area is 82.5 Å². The van der Waals surface area contributed by atoms with Crippen molar-refractivity contribution in [1.29, 1.82) is 0 Å². The zero-order valence-electron chi connectivity index (χ0n) is 7.96. The number of rotatable bonds is 1. The van der Waals surface area contributed by atoms with Gasteiger partial charge in [-0.05, 0) is 24.6 Å². The maximum atomic E-state index is 11.3. The summed E-state index contributed by atoms with van der Waals surface area (Å²) in [5.41, 5.74) is 3.24. The lowest BCUT2D eigenvalue weighted by molar-refractivity contribution is 0.0716. The first kappa shape index (κ1) is 8.75. The highest BCUT2D eigenvalue weighted by molar-refractivity contribution is 6.03. The third kappa shape index (κ3) is 1.16. The van der Waals surface area contributed by atoms with Crippen molar-refractivity contribution >= 4 is 17.3 Å². The summed E-state index contributed by atoms with van der Waals surface area (Å²) in [6.45, 7) is 9.37. The SMILES string of the molecule is C=C(C)c1ccc2c(c1)C(=O)OC2=C. The van der Waals surface area contributed by atoms with Gasteiger partial charge in [0.25, 0.3) is 0 Å². The third-order valence-corrected chi connectivity index (χ3v) is 2.25. The van der Waals surface area contributed by atoms with Crippen LogP contribution in [0.1, 0.15) is 28.4 Å². The zero-order chi connectivity index (χ0) is 10.3. The largest absolute Gasteiger partial charge is 0.423 e. The quantitative estimate of drug-likeness (QED) is 0.630. The molecule has 0 saturated heterocycles. The van der Waals surface area contributed by atoms with Crippen molar-refractivity contribution in [1.82, 2.24) is 0 Å². The van der Waals surface area contributed by atoms with E-state index in [-0.39, 0.29) is 5.97 Å². The molecule has 2 nitrogen and oxygen atoms in total. The summed E-state index contributed by atoms with van der Waals surface area (Å²) < 4.78 is 4.90. The normalized spacial score (nSPS) is 13.8. The molecule has 1 aromatic rings. The average Bonchev–Trinajstić information content (AvgIpc) is 2.42. The number of hydrogen-bond donors (Lipinski definition) is 0. The van der Waals surface area contributed by atoms with Crippen molar-refractivity contribution < 1.29 is 9.53 Å². The van der Waals surface area contributed by atoms with Crippen molar-refractivity contribution in [3.05, 3.63) is 48.0 Å². The van der Waals surface area contributed by atoms with Crippen LogP contribution in [0.4, 0.5) is 0 Å². The van der Waals surface area contributed by atoms with Gasteiger partial charge in [-0.15, -0.1) is 0 Å². The molecule has 0 amide bonds. The molecule has 0 radical (unpaired) electrons. The molecule has 0 unspecified atom stereocenters. The fraction of sp³-hybridized carbons (Fsp3) is 0.0833. The predicted octanol–water partition coefficient (Wildman–Crippen LogP) is 2.86. The van der Waals surface area contributed by atoms with Gasteiger partial charge in [0.05, 0.1) is 5.56 Å². The van der Waals surface area contributed by atoms with E-state index in [0.29, 0.717) is 11.3 Å². The van der Waals surface area contributed by atoms with Crippen LogP contribution in [0.5, 0.6) is 0 Å². The molecule has 0 spiro atoms. The lowest BCUT2D eigenvalue weighted by Gasteiger charge is -2.00. The summed E-state index contributed by atoms with van der Waals surface area (Å²) in [6, 6.07) is 5.54. The average molecular weight is 186 g/mol. The summed E-state index contributed by atoms with van der Waals surface area (Å²) in [7, 11) is 0. The Morgan fingerprint density at radius 2 is 2.07 bits per heavy atom. The Morgan fingerprint density at radius 1 is 1.36 bits per heavy atom. The fourth-order valence-corrected chi connectivity index (χ4v) is 1.44. The molecular weight excluding hydrogens is 176 g/mol. The van der Waals surface area contributed by atoms with E-state index >= 15 is 0 Å². The van der Waals surface area contributed by atoms with E-state index in [4.69, 9.17) is 4.74 Å². The van der Waals surface area contributed by atoms with Crippen LogP contribution in [0.3, 0.4) is 0 Å². The van der Waals surface area contributed by atoms with Crippen molar-refractivity contribution in [2.24, 2.45) is 0 Å². The van der Waals surface area contributed by atoms with Crippen molar-refractivity contribution in [2.45, 2.75) is 6.92 Å². The number of ether oxygens (including phenoxy) is 1. The summed E-state index contributed by atoms with van der Waals surface area (Å²) in [4.78, 5) is 11.3. The number of fused-ring (bicyclic) bond motifs is 1. The highest BCUT2D eigenvalue weighted by atomic mass is 16.5. The molecule has 0 fully saturated rings. The molecular formula is C12H10O2. The van der Waals surface area contributed by atoms with Crippen LogP contribution in [0.2, 0.25) is 0 Å². The Morgan fingerprint density at radius 3 is 2.71 bits per heavy atom. The molecule has 0 saturated carbocycles. The smallest absolute Gasteiger partial charge is 0.344 e. The van der Waals surface area contributed by atoms with Gasteiger partial charge in [-0.2, -0.15) is 0 Å². The molecule has 1 aliphatic rings. The van der Waals surface area contributed by atoms with Gasteiger partial charge in [-0.25, -0.2) is 4.79 Å². The van der Waals surface area contributed by atoms with Crippen molar-refractivity contribution in [2.75, 3.05) is 0 Å². The number of benzene rings is 1. The fourth-order valence-electron chi connectivity index (χ4n) is 1.44. The summed E-state index contributed by atoms with van der Waals surface area (Å²) in [5, 5.41) is 0. The number of esters is 1. The van der Waals surface area contributed by atoms with E-state index < -0.39 is 0 Å². The first-order chi connectivity index (χ1) is 6.59. The summed E-state index contributed by atoms with van der Waals surface area (Å²) in [6.07, 6.45) is 0. The minimum absolute atomic E-state index is 0.326. The molecule has 2 heteroatoms. The van der Waals surface area contributed by atoms with Crippen LogP contribution < -0.4 is 0 Å². The van der Waals surface area contributed by atoms with Gasteiger partial charge in [0.15, 0.2) is 0 Å². The molecule has 1 heterocycles. The topological polar surface area (TPSA) is 26.3 Å². The molecule has 0 bridgehead atoms. The molecule has 1 aliphatic heterocycles. The lowest BCUT2D eigenvalue weighted by Crippen LogP contribution is -1.94. The maximum absolute atomic E-state index is 11.3. The number of hydrogen-bond acceptors (Lipinski definition) is 2. The highest BCUT2D eigenvalue weighted by Crippen LogP contribution is 2.30. The maximum Gasteiger partial charge on any atom is 0.344 e. The van der Waals surface area contributed by atoms with Crippen LogP contribution in [-0.4, -0.2) is 5.97 Å². The first-order valence-electron chi connectivity index (χ1n) is 4.31. The first-order valence-corrected chi connectivity index (χ1v) is 4.31. The van der Waals surface area contributed by atoms with E-state index in [1.165, 1.54) is 0 Å². The number of carbonyl (C=O) groups is 1. The van der Waals surface area contributed by atoms with Gasteiger partial charge in [0.1, 0.15) is 5.76 Å². The Kier molecular flexibility index (Phi) is 1.78. The highest BCUT2D eigenvalue weighted by Gasteiger charge is 2.24. The van der Waals surface area contributed by atoms with Gasteiger partial charge in [-0.1, -0.05) is 24.8 Å². The van der Waals surface area contributed by atoms with Gasteiger partial charge >= 0.3 is 5.97 Å². The van der Waals surface area contributed by atoms with Crippen LogP contribution >= 0.6 is 0 Å². The zero-order valence-corrected chi connectivity index (χ0v) is 7.96. The van der Waals surface area contributed by atoms with E-state index in [9.17, 15) is 4.79 Å². The molecule has 70 valence electrons. The Hall–Kier alpha value is -1.83. The molecule has 1 aromatic carbocycles. The van der Waals surface area contributed by atoms with Gasteiger partial charge < -0.3 is 4.74 Å². The molecule has 0 aromatic heterocycles. The number of carbonyl (C=O) groups excluding carboxylic acids is 1. The second kappa shape index (κ2) is 2.84. The lowest BCUT2D eigenvalue weighted by atomic mass is 10.0. The molecule has 2 rings (SSSR count). The minimum Gasteiger partial charge on any atom is -0.423 e. The number of allylic oxidation sites excluding steroid dienone is 1. The standard InChI is InChI=1S/C12H10O2/c1-7(2)9-4-5-10-8(3)14-12(13)11(10)6-9/h4-6H,1,3H2,2H3. The van der Waals surface area contributed by atoms with E-state index in [2.05, 4.69) is 13.2 Å². The Balaban J connectivity index is 2.61. The summed E-state index contributed by atoms with van der Waals surface area (Å²) in [5.74, 6) is 0.103. The van der Waals surface area contributed by atoms with Crippen LogP contribution in [-0.2, 0) is 4.74 Å². The molecule has 0 atom stereocenters. The van der Waals surface area contributed by atoms with Gasteiger partial charge in [0.2, 0.25) is 0 Å². The van der Waals surface area contributed by atoms with Gasteiger partial charge in [0, 0.05) is 5.56 Å². The van der Waals surface area contributed by atoms with Crippen LogP contribution in [0.25, 0.3) is 11.3 Å². The Bertz CT molecular complexity index is 455. The van der Waals surface area contributed by atoms with Gasteiger partial charge in [-0.3, -0.25) is 0 Å². The van der Waals surface area contributed by atoms with E-state index in [1.54, 1.807) is 6.07 Å². The minimum atomic E-state index is -0.326.